The maximum Gasteiger partial charge on any atom is 0.241 e. The van der Waals surface area contributed by atoms with Crippen LogP contribution in [0.2, 0.25) is 0 Å². The van der Waals surface area contributed by atoms with Crippen LogP contribution < -0.4 is 10.0 Å². The zero-order chi connectivity index (χ0) is 15.2. The number of nitrogens with one attached hydrogen (secondary N) is 2. The number of thiophene rings is 1. The fourth-order valence-electron chi connectivity index (χ4n) is 1.94. The van der Waals surface area contributed by atoms with E-state index in [1.165, 1.54) is 11.3 Å². The van der Waals surface area contributed by atoms with Gasteiger partial charge in [-0.2, -0.15) is 0 Å². The number of hydrogen-bond acceptors (Lipinski definition) is 4. The third kappa shape index (κ3) is 5.16. The molecule has 4 nitrogen and oxygen atoms in total. The van der Waals surface area contributed by atoms with E-state index >= 15 is 0 Å². The summed E-state index contributed by atoms with van der Waals surface area (Å²) in [6.45, 7) is 9.85. The van der Waals surface area contributed by atoms with Crippen LogP contribution >= 0.6 is 11.3 Å². The van der Waals surface area contributed by atoms with Crippen LogP contribution in [0.25, 0.3) is 0 Å². The predicted octanol–water partition coefficient (Wildman–Crippen LogP) is 2.96. The number of hydrogen-bond donors (Lipinski definition) is 2. The normalized spacial score (nSPS) is 13.8. The highest BCUT2D eigenvalue weighted by Crippen LogP contribution is 2.20. The lowest BCUT2D eigenvalue weighted by Crippen LogP contribution is -2.37. The van der Waals surface area contributed by atoms with Crippen molar-refractivity contribution in [3.8, 4) is 0 Å². The molecule has 0 aliphatic carbocycles. The molecule has 0 fully saturated rings. The second kappa shape index (κ2) is 8.12. The van der Waals surface area contributed by atoms with E-state index in [2.05, 4.69) is 17.0 Å². The predicted molar refractivity (Wildman–Crippen MR) is 85.6 cm³/mol. The van der Waals surface area contributed by atoms with Crippen molar-refractivity contribution in [2.75, 3.05) is 6.54 Å². The van der Waals surface area contributed by atoms with E-state index < -0.39 is 10.0 Å². The van der Waals surface area contributed by atoms with E-state index in [1.807, 2.05) is 20.8 Å². The minimum Gasteiger partial charge on any atom is -0.312 e. The average Bonchev–Trinajstić information content (AvgIpc) is 2.85. The van der Waals surface area contributed by atoms with E-state index in [9.17, 15) is 8.42 Å². The quantitative estimate of drug-likeness (QED) is 0.688. The minimum atomic E-state index is -3.39. The summed E-state index contributed by atoms with van der Waals surface area (Å²) in [4.78, 5) is 1.44. The Morgan fingerprint density at radius 2 is 2.00 bits per heavy atom. The second-order valence-electron chi connectivity index (χ2n) is 5.31. The van der Waals surface area contributed by atoms with E-state index in [0.717, 1.165) is 30.8 Å². The highest BCUT2D eigenvalue weighted by atomic mass is 32.2. The van der Waals surface area contributed by atoms with Crippen molar-refractivity contribution >= 4 is 21.4 Å². The van der Waals surface area contributed by atoms with Crippen molar-refractivity contribution < 1.29 is 8.42 Å². The van der Waals surface area contributed by atoms with Crippen molar-refractivity contribution in [1.29, 1.82) is 0 Å². The van der Waals surface area contributed by atoms with E-state index in [-0.39, 0.29) is 6.04 Å². The summed E-state index contributed by atoms with van der Waals surface area (Å²) in [5.74, 6) is 0.291. The summed E-state index contributed by atoms with van der Waals surface area (Å²) < 4.78 is 27.4. The van der Waals surface area contributed by atoms with Gasteiger partial charge in [-0.05, 0) is 31.4 Å². The zero-order valence-corrected chi connectivity index (χ0v) is 14.4. The summed E-state index contributed by atoms with van der Waals surface area (Å²) in [5.41, 5.74) is 0. The SMILES string of the molecule is CCCNCc1cc(S(=O)(=O)NC(CC)C(C)C)cs1. The van der Waals surface area contributed by atoms with E-state index in [1.54, 1.807) is 11.4 Å². The van der Waals surface area contributed by atoms with Gasteiger partial charge in [0.05, 0.1) is 4.90 Å². The Morgan fingerprint density at radius 3 is 2.55 bits per heavy atom. The van der Waals surface area contributed by atoms with Crippen LogP contribution in [0.1, 0.15) is 45.4 Å². The smallest absolute Gasteiger partial charge is 0.241 e. The molecule has 0 amide bonds. The van der Waals surface area contributed by atoms with Crippen molar-refractivity contribution in [1.82, 2.24) is 10.0 Å². The van der Waals surface area contributed by atoms with Gasteiger partial charge in [-0.15, -0.1) is 11.3 Å². The van der Waals surface area contributed by atoms with Crippen LogP contribution in [-0.2, 0) is 16.6 Å². The van der Waals surface area contributed by atoms with E-state index in [4.69, 9.17) is 0 Å². The van der Waals surface area contributed by atoms with Gasteiger partial charge < -0.3 is 5.32 Å². The van der Waals surface area contributed by atoms with Gasteiger partial charge in [-0.25, -0.2) is 13.1 Å². The van der Waals surface area contributed by atoms with Crippen molar-refractivity contribution in [3.05, 3.63) is 16.3 Å². The largest absolute Gasteiger partial charge is 0.312 e. The maximum atomic E-state index is 12.3. The lowest BCUT2D eigenvalue weighted by atomic mass is 10.0. The van der Waals surface area contributed by atoms with Crippen molar-refractivity contribution in [2.24, 2.45) is 5.92 Å². The van der Waals surface area contributed by atoms with Gasteiger partial charge in [0.2, 0.25) is 10.0 Å². The molecule has 1 atom stereocenters. The lowest BCUT2D eigenvalue weighted by Gasteiger charge is -2.20. The molecule has 0 radical (unpaired) electrons. The third-order valence-corrected chi connectivity index (χ3v) is 5.77. The first-order chi connectivity index (χ1) is 9.40. The van der Waals surface area contributed by atoms with Gasteiger partial charge in [0, 0.05) is 22.8 Å². The fourth-order valence-corrected chi connectivity index (χ4v) is 4.65. The molecule has 0 spiro atoms. The van der Waals surface area contributed by atoms with Gasteiger partial charge in [0.1, 0.15) is 0 Å². The Bertz CT molecular complexity index is 495. The molecule has 1 aromatic rings. The molecular formula is C14H26N2O2S2. The molecule has 0 aromatic carbocycles. The fraction of sp³-hybridized carbons (Fsp3) is 0.714. The van der Waals surface area contributed by atoms with Gasteiger partial charge in [0.15, 0.2) is 0 Å². The maximum absolute atomic E-state index is 12.3. The van der Waals surface area contributed by atoms with Crippen LogP contribution in [0.3, 0.4) is 0 Å². The molecule has 116 valence electrons. The highest BCUT2D eigenvalue weighted by molar-refractivity contribution is 7.89. The zero-order valence-electron chi connectivity index (χ0n) is 12.8. The van der Waals surface area contributed by atoms with Crippen LogP contribution in [0, 0.1) is 5.92 Å². The standard InChI is InChI=1S/C14H26N2O2S2/c1-5-7-15-9-12-8-13(10-19-12)20(17,18)16-14(6-2)11(3)4/h8,10-11,14-16H,5-7,9H2,1-4H3. The molecule has 2 N–H and O–H groups in total. The highest BCUT2D eigenvalue weighted by Gasteiger charge is 2.22. The van der Waals surface area contributed by atoms with Crippen molar-refractivity contribution in [2.45, 2.75) is 58.0 Å². The Labute approximate surface area is 127 Å². The van der Waals surface area contributed by atoms with Crippen LogP contribution in [0.4, 0.5) is 0 Å². The molecule has 1 rings (SSSR count). The first-order valence-corrected chi connectivity index (χ1v) is 9.57. The van der Waals surface area contributed by atoms with Gasteiger partial charge in [0.25, 0.3) is 0 Å². The minimum absolute atomic E-state index is 0.0124. The molecule has 0 bridgehead atoms. The first kappa shape index (κ1) is 17.6. The number of sulfonamides is 1. The van der Waals surface area contributed by atoms with Gasteiger partial charge >= 0.3 is 0 Å². The molecule has 20 heavy (non-hydrogen) atoms. The Kier molecular flexibility index (Phi) is 7.15. The molecule has 0 aliphatic rings. The molecule has 1 aromatic heterocycles. The summed E-state index contributed by atoms with van der Waals surface area (Å²) in [6.07, 6.45) is 1.87. The molecule has 0 saturated carbocycles. The summed E-state index contributed by atoms with van der Waals surface area (Å²) in [5, 5.41) is 5.00. The second-order valence-corrected chi connectivity index (χ2v) is 8.02. The van der Waals surface area contributed by atoms with Crippen LogP contribution in [0.5, 0.6) is 0 Å². The Morgan fingerprint density at radius 1 is 1.30 bits per heavy atom. The third-order valence-electron chi connectivity index (χ3n) is 3.22. The summed E-state index contributed by atoms with van der Waals surface area (Å²) in [6, 6.07) is 1.75. The topological polar surface area (TPSA) is 58.2 Å². The Hall–Kier alpha value is -0.430. The molecule has 0 aliphatic heterocycles. The van der Waals surface area contributed by atoms with E-state index in [0.29, 0.717) is 10.8 Å². The van der Waals surface area contributed by atoms with Gasteiger partial charge in [-0.1, -0.05) is 27.7 Å². The first-order valence-electron chi connectivity index (χ1n) is 7.21. The Balaban J connectivity index is 2.72. The van der Waals surface area contributed by atoms with Crippen LogP contribution in [-0.4, -0.2) is 21.0 Å². The molecule has 1 unspecified atom stereocenters. The lowest BCUT2D eigenvalue weighted by molar-refractivity contribution is 0.437. The monoisotopic (exact) mass is 318 g/mol. The number of rotatable bonds is 9. The summed E-state index contributed by atoms with van der Waals surface area (Å²) in [7, 11) is -3.39. The summed E-state index contributed by atoms with van der Waals surface area (Å²) >= 11 is 1.49. The average molecular weight is 319 g/mol. The van der Waals surface area contributed by atoms with Crippen molar-refractivity contribution in [3.63, 3.8) is 0 Å². The van der Waals surface area contributed by atoms with Gasteiger partial charge in [-0.3, -0.25) is 0 Å². The molecule has 6 heteroatoms. The molecule has 0 saturated heterocycles. The molecule has 1 heterocycles. The van der Waals surface area contributed by atoms with Crippen LogP contribution in [0.15, 0.2) is 16.3 Å². The molecular weight excluding hydrogens is 292 g/mol.